The van der Waals surface area contributed by atoms with Crippen LogP contribution in [0, 0.1) is 12.8 Å². The van der Waals surface area contributed by atoms with E-state index < -0.39 is 17.9 Å². The summed E-state index contributed by atoms with van der Waals surface area (Å²) in [5.41, 5.74) is 0. The van der Waals surface area contributed by atoms with E-state index in [1.54, 1.807) is 18.4 Å². The Kier molecular flexibility index (Phi) is 4.61. The number of carboxylic acid groups (broad SMARTS) is 1. The molecule has 1 aliphatic heterocycles. The number of nitrogens with one attached hydrogen (secondary N) is 1. The first-order chi connectivity index (χ1) is 9.49. The van der Waals surface area contributed by atoms with Crippen LogP contribution in [-0.2, 0) is 16.1 Å². The lowest BCUT2D eigenvalue weighted by Crippen LogP contribution is -2.48. The highest BCUT2D eigenvalue weighted by Gasteiger charge is 2.38. The Morgan fingerprint density at radius 1 is 1.50 bits per heavy atom. The van der Waals surface area contributed by atoms with Crippen LogP contribution in [-0.4, -0.2) is 48.3 Å². The minimum atomic E-state index is -0.930. The molecule has 1 fully saturated rings. The number of hydrogen-bond acceptors (Lipinski definition) is 4. The van der Waals surface area contributed by atoms with Gasteiger partial charge in [-0.2, -0.15) is 0 Å². The number of urea groups is 1. The fourth-order valence-electron chi connectivity index (χ4n) is 2.18. The van der Waals surface area contributed by atoms with Crippen LogP contribution < -0.4 is 5.32 Å². The quantitative estimate of drug-likeness (QED) is 0.878. The second-order valence-electron chi connectivity index (χ2n) is 4.83. The molecule has 2 rings (SSSR count). The number of carbonyl (C=O) groups is 2. The van der Waals surface area contributed by atoms with Gasteiger partial charge in [-0.25, -0.2) is 4.79 Å². The molecule has 0 saturated carbocycles. The SMILES string of the molecule is Cc1ccc(CNC(=O)N(C)C2COCC2C(=O)O)s1. The number of amides is 2. The van der Waals surface area contributed by atoms with E-state index in [1.807, 2.05) is 19.1 Å². The Labute approximate surface area is 121 Å². The number of nitrogens with zero attached hydrogens (tertiary/aromatic N) is 1. The predicted octanol–water partition coefficient (Wildman–Crippen LogP) is 1.30. The standard InChI is InChI=1S/C13H18N2O4S/c1-8-3-4-9(20-8)5-14-13(18)15(2)11-7-19-6-10(11)12(16)17/h3-4,10-11H,5-7H2,1-2H3,(H,14,18)(H,16,17). The van der Waals surface area contributed by atoms with Crippen LogP contribution in [0.25, 0.3) is 0 Å². The largest absolute Gasteiger partial charge is 0.481 e. The summed E-state index contributed by atoms with van der Waals surface area (Å²) >= 11 is 1.63. The monoisotopic (exact) mass is 298 g/mol. The summed E-state index contributed by atoms with van der Waals surface area (Å²) in [5, 5.41) is 11.9. The highest BCUT2D eigenvalue weighted by molar-refractivity contribution is 7.11. The minimum absolute atomic E-state index is 0.155. The zero-order valence-corrected chi connectivity index (χ0v) is 12.3. The first-order valence-electron chi connectivity index (χ1n) is 6.35. The fraction of sp³-hybridized carbons (Fsp3) is 0.538. The van der Waals surface area contributed by atoms with Gasteiger partial charge < -0.3 is 20.1 Å². The number of rotatable bonds is 4. The molecule has 1 saturated heterocycles. The van der Waals surface area contributed by atoms with E-state index in [4.69, 9.17) is 9.84 Å². The van der Waals surface area contributed by atoms with Crippen molar-refractivity contribution in [1.82, 2.24) is 10.2 Å². The van der Waals surface area contributed by atoms with Crippen molar-refractivity contribution >= 4 is 23.3 Å². The molecule has 2 heterocycles. The molecule has 0 radical (unpaired) electrons. The summed E-state index contributed by atoms with van der Waals surface area (Å²) in [7, 11) is 1.60. The van der Waals surface area contributed by atoms with Crippen LogP contribution in [0.1, 0.15) is 9.75 Å². The number of likely N-dealkylation sites (N-methyl/N-ethyl adjacent to an activating group) is 1. The molecule has 110 valence electrons. The third kappa shape index (κ3) is 3.29. The molecule has 6 nitrogen and oxygen atoms in total. The molecule has 2 atom stereocenters. The molecule has 1 aromatic heterocycles. The summed E-state index contributed by atoms with van der Waals surface area (Å²) in [6.07, 6.45) is 0. The average molecular weight is 298 g/mol. The van der Waals surface area contributed by atoms with E-state index in [9.17, 15) is 9.59 Å². The van der Waals surface area contributed by atoms with Gasteiger partial charge in [0.15, 0.2) is 0 Å². The Balaban J connectivity index is 1.90. The van der Waals surface area contributed by atoms with E-state index in [0.717, 1.165) is 4.88 Å². The summed E-state index contributed by atoms with van der Waals surface area (Å²) in [5.74, 6) is -1.59. The number of ether oxygens (including phenoxy) is 1. The normalized spacial score (nSPS) is 21.7. The lowest BCUT2D eigenvalue weighted by molar-refractivity contribution is -0.142. The Hall–Kier alpha value is -1.60. The van der Waals surface area contributed by atoms with E-state index in [2.05, 4.69) is 5.32 Å². The molecule has 2 unspecified atom stereocenters. The smallest absolute Gasteiger partial charge is 0.317 e. The van der Waals surface area contributed by atoms with Gasteiger partial charge in [-0.1, -0.05) is 0 Å². The van der Waals surface area contributed by atoms with Crippen LogP contribution in [0.4, 0.5) is 4.79 Å². The van der Waals surface area contributed by atoms with Crippen LogP contribution in [0.2, 0.25) is 0 Å². The molecule has 20 heavy (non-hydrogen) atoms. The maximum atomic E-state index is 12.0. The van der Waals surface area contributed by atoms with Gasteiger partial charge in [0.2, 0.25) is 0 Å². The van der Waals surface area contributed by atoms with Crippen LogP contribution in [0.3, 0.4) is 0 Å². The second kappa shape index (κ2) is 6.23. The Morgan fingerprint density at radius 3 is 2.85 bits per heavy atom. The lowest BCUT2D eigenvalue weighted by Gasteiger charge is -2.26. The fourth-order valence-corrected chi connectivity index (χ4v) is 3.01. The van der Waals surface area contributed by atoms with Crippen molar-refractivity contribution in [2.75, 3.05) is 20.3 Å². The van der Waals surface area contributed by atoms with E-state index in [-0.39, 0.29) is 19.2 Å². The topological polar surface area (TPSA) is 78.9 Å². The van der Waals surface area contributed by atoms with Gasteiger partial charge in [-0.05, 0) is 19.1 Å². The number of thiophene rings is 1. The number of aryl methyl sites for hydroxylation is 1. The summed E-state index contributed by atoms with van der Waals surface area (Å²) < 4.78 is 5.17. The van der Waals surface area contributed by atoms with Crippen molar-refractivity contribution in [3.8, 4) is 0 Å². The lowest BCUT2D eigenvalue weighted by atomic mass is 10.0. The molecule has 2 amide bonds. The van der Waals surface area contributed by atoms with E-state index >= 15 is 0 Å². The molecular formula is C13H18N2O4S. The molecule has 2 N–H and O–H groups in total. The molecule has 0 aliphatic carbocycles. The maximum absolute atomic E-state index is 12.0. The van der Waals surface area contributed by atoms with Crippen molar-refractivity contribution < 1.29 is 19.4 Å². The van der Waals surface area contributed by atoms with Gasteiger partial charge in [-0.3, -0.25) is 4.79 Å². The number of carbonyl (C=O) groups excluding carboxylic acids is 1. The molecule has 0 spiro atoms. The van der Waals surface area contributed by atoms with Crippen molar-refractivity contribution in [3.63, 3.8) is 0 Å². The van der Waals surface area contributed by atoms with Gasteiger partial charge in [0.05, 0.1) is 25.8 Å². The Bertz CT molecular complexity index is 502. The van der Waals surface area contributed by atoms with Gasteiger partial charge in [0.1, 0.15) is 5.92 Å². The zero-order valence-electron chi connectivity index (χ0n) is 11.5. The molecule has 0 bridgehead atoms. The average Bonchev–Trinajstić information content (AvgIpc) is 3.03. The number of hydrogen-bond donors (Lipinski definition) is 2. The summed E-state index contributed by atoms with van der Waals surface area (Å²) in [6, 6.07) is 3.27. The molecule has 1 aromatic rings. The molecule has 1 aliphatic rings. The maximum Gasteiger partial charge on any atom is 0.317 e. The van der Waals surface area contributed by atoms with Gasteiger partial charge in [0, 0.05) is 16.8 Å². The third-order valence-corrected chi connectivity index (χ3v) is 4.40. The molecule has 7 heteroatoms. The van der Waals surface area contributed by atoms with Crippen molar-refractivity contribution in [2.24, 2.45) is 5.92 Å². The first kappa shape index (κ1) is 14.8. The van der Waals surface area contributed by atoms with Gasteiger partial charge in [0.25, 0.3) is 0 Å². The Morgan fingerprint density at radius 2 is 2.25 bits per heavy atom. The minimum Gasteiger partial charge on any atom is -0.481 e. The van der Waals surface area contributed by atoms with Gasteiger partial charge in [-0.15, -0.1) is 11.3 Å². The van der Waals surface area contributed by atoms with E-state index in [1.165, 1.54) is 9.78 Å². The van der Waals surface area contributed by atoms with E-state index in [0.29, 0.717) is 6.54 Å². The molecular weight excluding hydrogens is 280 g/mol. The highest BCUT2D eigenvalue weighted by atomic mass is 32.1. The van der Waals surface area contributed by atoms with Crippen LogP contribution >= 0.6 is 11.3 Å². The summed E-state index contributed by atoms with van der Waals surface area (Å²) in [6.45, 7) is 2.88. The summed E-state index contributed by atoms with van der Waals surface area (Å²) in [4.78, 5) is 26.8. The van der Waals surface area contributed by atoms with Crippen molar-refractivity contribution in [3.05, 3.63) is 21.9 Å². The third-order valence-electron chi connectivity index (χ3n) is 3.40. The first-order valence-corrected chi connectivity index (χ1v) is 7.17. The van der Waals surface area contributed by atoms with Crippen LogP contribution in [0.5, 0.6) is 0 Å². The number of aliphatic carboxylic acids is 1. The number of carboxylic acids is 1. The second-order valence-corrected chi connectivity index (χ2v) is 6.20. The van der Waals surface area contributed by atoms with Crippen molar-refractivity contribution in [2.45, 2.75) is 19.5 Å². The highest BCUT2D eigenvalue weighted by Crippen LogP contribution is 2.19. The van der Waals surface area contributed by atoms with Crippen LogP contribution in [0.15, 0.2) is 12.1 Å². The van der Waals surface area contributed by atoms with Crippen molar-refractivity contribution in [1.29, 1.82) is 0 Å². The van der Waals surface area contributed by atoms with Gasteiger partial charge >= 0.3 is 12.0 Å². The zero-order chi connectivity index (χ0) is 14.7. The predicted molar refractivity (Wildman–Crippen MR) is 74.8 cm³/mol. The molecule has 0 aromatic carbocycles.